The van der Waals surface area contributed by atoms with Gasteiger partial charge in [0.2, 0.25) is 10.0 Å². The molecule has 1 amide bonds. The minimum absolute atomic E-state index is 0.0504. The lowest BCUT2D eigenvalue weighted by Crippen LogP contribution is -2.48. The van der Waals surface area contributed by atoms with Crippen LogP contribution in [0.1, 0.15) is 43.5 Å². The molecule has 0 spiro atoms. The fraction of sp³-hybridized carbons (Fsp3) is 0.281. The third-order valence-electron chi connectivity index (χ3n) is 7.02. The molecule has 0 saturated carbocycles. The van der Waals surface area contributed by atoms with Crippen LogP contribution >= 0.6 is 11.3 Å². The number of carbonyl (C=O) groups excluding carboxylic acids is 2. The molecule has 0 bridgehead atoms. The molecular formula is C32H35N3O5S2. The van der Waals surface area contributed by atoms with Gasteiger partial charge in [-0.15, -0.1) is 11.3 Å². The van der Waals surface area contributed by atoms with Gasteiger partial charge in [-0.1, -0.05) is 91.0 Å². The van der Waals surface area contributed by atoms with Crippen LogP contribution in [0.25, 0.3) is 0 Å². The van der Waals surface area contributed by atoms with Crippen LogP contribution < -0.4 is 0 Å². The van der Waals surface area contributed by atoms with Gasteiger partial charge in [-0.05, 0) is 36.5 Å². The maximum Gasteiger partial charge on any atom is 0.264 e. The molecule has 0 saturated heterocycles. The summed E-state index contributed by atoms with van der Waals surface area (Å²) in [5, 5.41) is 12.7. The Balaban J connectivity index is 1.67. The summed E-state index contributed by atoms with van der Waals surface area (Å²) in [6, 6.07) is 27.6. The molecule has 0 aliphatic carbocycles. The molecule has 8 nitrogen and oxygen atoms in total. The zero-order valence-electron chi connectivity index (χ0n) is 23.9. The van der Waals surface area contributed by atoms with Crippen molar-refractivity contribution in [1.82, 2.24) is 14.2 Å². The van der Waals surface area contributed by atoms with E-state index in [1.165, 1.54) is 25.4 Å². The van der Waals surface area contributed by atoms with Crippen LogP contribution in [0, 0.1) is 6.92 Å². The standard InChI is InChI=1S/C32H35N3O5S2/c1-24-30(28(36)23-42(39,40)34(2)3)33-29(41-24)22-35(21-13-16-25-14-7-4-8-15-25)31(37)32(38,26-17-9-5-10-18-26)27-19-11-6-12-20-27/h4-12,14-15,17-20,38H,13,16,21-23H2,1-3H3. The van der Waals surface area contributed by atoms with E-state index in [0.717, 1.165) is 16.3 Å². The molecule has 0 aliphatic heterocycles. The Labute approximate surface area is 251 Å². The molecule has 42 heavy (non-hydrogen) atoms. The Morgan fingerprint density at radius 2 is 1.40 bits per heavy atom. The summed E-state index contributed by atoms with van der Waals surface area (Å²) in [6.07, 6.45) is 1.36. The Hall–Kier alpha value is -3.70. The second-order valence-electron chi connectivity index (χ2n) is 10.2. The van der Waals surface area contributed by atoms with Crippen LogP contribution in [-0.2, 0) is 33.4 Å². The molecule has 0 fully saturated rings. The number of thiazole rings is 1. The van der Waals surface area contributed by atoms with E-state index >= 15 is 0 Å². The van der Waals surface area contributed by atoms with Gasteiger partial charge in [0.1, 0.15) is 16.5 Å². The number of nitrogens with zero attached hydrogens (tertiary/aromatic N) is 3. The number of hydrogen-bond acceptors (Lipinski definition) is 7. The van der Waals surface area contributed by atoms with Gasteiger partial charge in [0.15, 0.2) is 11.4 Å². The quantitative estimate of drug-likeness (QED) is 0.226. The Kier molecular flexibility index (Phi) is 10.1. The summed E-state index contributed by atoms with van der Waals surface area (Å²) < 4.78 is 25.6. The molecule has 3 aromatic carbocycles. The molecule has 10 heteroatoms. The molecule has 220 valence electrons. The van der Waals surface area contributed by atoms with Crippen molar-refractivity contribution in [3.63, 3.8) is 0 Å². The van der Waals surface area contributed by atoms with Crippen molar-refractivity contribution in [2.75, 3.05) is 26.4 Å². The number of rotatable bonds is 13. The van der Waals surface area contributed by atoms with Gasteiger partial charge in [0.05, 0.1) is 6.54 Å². The lowest BCUT2D eigenvalue weighted by molar-refractivity contribution is -0.149. The summed E-state index contributed by atoms with van der Waals surface area (Å²) in [4.78, 5) is 33.9. The van der Waals surface area contributed by atoms with E-state index in [1.54, 1.807) is 60.4 Å². The first-order valence-electron chi connectivity index (χ1n) is 13.6. The second-order valence-corrected chi connectivity index (χ2v) is 13.7. The number of hydrogen-bond donors (Lipinski definition) is 1. The monoisotopic (exact) mass is 605 g/mol. The number of amides is 1. The third kappa shape index (κ3) is 7.19. The molecule has 0 atom stereocenters. The molecule has 0 radical (unpaired) electrons. The smallest absolute Gasteiger partial charge is 0.264 e. The minimum Gasteiger partial charge on any atom is -0.372 e. The fourth-order valence-electron chi connectivity index (χ4n) is 4.68. The van der Waals surface area contributed by atoms with E-state index in [9.17, 15) is 23.1 Å². The number of benzene rings is 3. The predicted octanol–water partition coefficient (Wildman–Crippen LogP) is 4.42. The van der Waals surface area contributed by atoms with Crippen LogP contribution in [0.5, 0.6) is 0 Å². The van der Waals surface area contributed by atoms with E-state index in [0.29, 0.717) is 34.0 Å². The van der Waals surface area contributed by atoms with Crippen LogP contribution in [0.3, 0.4) is 0 Å². The molecule has 0 aliphatic rings. The van der Waals surface area contributed by atoms with Gasteiger partial charge in [-0.25, -0.2) is 17.7 Å². The van der Waals surface area contributed by atoms with Crippen molar-refractivity contribution in [2.45, 2.75) is 31.9 Å². The average molecular weight is 606 g/mol. The number of ketones is 1. The van der Waals surface area contributed by atoms with E-state index in [1.807, 2.05) is 42.5 Å². The van der Waals surface area contributed by atoms with Gasteiger partial charge in [0, 0.05) is 25.5 Å². The van der Waals surface area contributed by atoms with Crippen LogP contribution in [-0.4, -0.2) is 65.8 Å². The normalized spacial score (nSPS) is 11.9. The Morgan fingerprint density at radius 3 is 1.93 bits per heavy atom. The second kappa shape index (κ2) is 13.5. The molecule has 1 aromatic heterocycles. The molecular weight excluding hydrogens is 571 g/mol. The highest BCUT2D eigenvalue weighted by Crippen LogP contribution is 2.33. The fourth-order valence-corrected chi connectivity index (χ4v) is 6.37. The first-order valence-corrected chi connectivity index (χ1v) is 16.0. The predicted molar refractivity (Wildman–Crippen MR) is 165 cm³/mol. The number of Topliss-reactive ketones (excluding diaryl/α,β-unsaturated/α-hetero) is 1. The van der Waals surface area contributed by atoms with E-state index in [4.69, 9.17) is 0 Å². The van der Waals surface area contributed by atoms with Gasteiger partial charge < -0.3 is 10.0 Å². The Morgan fingerprint density at radius 1 is 0.881 bits per heavy atom. The van der Waals surface area contributed by atoms with Crippen molar-refractivity contribution in [3.8, 4) is 0 Å². The summed E-state index contributed by atoms with van der Waals surface area (Å²) in [5.74, 6) is -1.80. The average Bonchev–Trinajstić information content (AvgIpc) is 3.37. The molecule has 1 heterocycles. The largest absolute Gasteiger partial charge is 0.372 e. The van der Waals surface area contributed by atoms with E-state index < -0.39 is 33.1 Å². The van der Waals surface area contributed by atoms with Crippen molar-refractivity contribution in [1.29, 1.82) is 0 Å². The van der Waals surface area contributed by atoms with Crippen LogP contribution in [0.4, 0.5) is 0 Å². The first kappa shape index (κ1) is 31.2. The molecule has 0 unspecified atom stereocenters. The summed E-state index contributed by atoms with van der Waals surface area (Å²) in [6.45, 7) is 2.09. The van der Waals surface area contributed by atoms with Crippen molar-refractivity contribution in [2.24, 2.45) is 0 Å². The first-order chi connectivity index (χ1) is 20.0. The van der Waals surface area contributed by atoms with Gasteiger partial charge in [-0.3, -0.25) is 9.59 Å². The summed E-state index contributed by atoms with van der Waals surface area (Å²) in [5.41, 5.74) is 0.133. The topological polar surface area (TPSA) is 108 Å². The van der Waals surface area contributed by atoms with Crippen LogP contribution in [0.2, 0.25) is 0 Å². The van der Waals surface area contributed by atoms with Gasteiger partial charge in [-0.2, -0.15) is 0 Å². The van der Waals surface area contributed by atoms with Crippen molar-refractivity contribution in [3.05, 3.63) is 123 Å². The number of carbonyl (C=O) groups is 2. The minimum atomic E-state index is -3.76. The molecule has 1 N–H and O–H groups in total. The summed E-state index contributed by atoms with van der Waals surface area (Å²) >= 11 is 1.24. The highest BCUT2D eigenvalue weighted by molar-refractivity contribution is 7.89. The highest BCUT2D eigenvalue weighted by atomic mass is 32.2. The molecule has 4 rings (SSSR count). The maximum atomic E-state index is 14.4. The van der Waals surface area contributed by atoms with E-state index in [-0.39, 0.29) is 12.2 Å². The van der Waals surface area contributed by atoms with Crippen molar-refractivity contribution >= 4 is 33.1 Å². The molecule has 4 aromatic rings. The van der Waals surface area contributed by atoms with Crippen LogP contribution in [0.15, 0.2) is 91.0 Å². The van der Waals surface area contributed by atoms with Gasteiger partial charge in [0.25, 0.3) is 5.91 Å². The number of aliphatic hydroxyl groups is 1. The zero-order valence-corrected chi connectivity index (χ0v) is 25.6. The number of aromatic nitrogens is 1. The third-order valence-corrected chi connectivity index (χ3v) is 9.71. The zero-order chi connectivity index (χ0) is 30.3. The summed E-state index contributed by atoms with van der Waals surface area (Å²) in [7, 11) is -1.00. The van der Waals surface area contributed by atoms with Gasteiger partial charge >= 0.3 is 0 Å². The lowest BCUT2D eigenvalue weighted by Gasteiger charge is -2.34. The number of aryl methyl sites for hydroxylation is 2. The maximum absolute atomic E-state index is 14.4. The highest BCUT2D eigenvalue weighted by Gasteiger charge is 2.43. The SMILES string of the molecule is Cc1sc(CN(CCCc2ccccc2)C(=O)C(O)(c2ccccc2)c2ccccc2)nc1C(=O)CS(=O)(=O)N(C)C. The number of sulfonamides is 1. The van der Waals surface area contributed by atoms with Crippen molar-refractivity contribution < 1.29 is 23.1 Å². The Bertz CT molecular complexity index is 1570. The van der Waals surface area contributed by atoms with E-state index in [2.05, 4.69) is 4.98 Å². The lowest BCUT2D eigenvalue weighted by atomic mass is 9.85.